The number of carbonyl (C=O) groups is 1. The third kappa shape index (κ3) is 3.96. The Hall–Kier alpha value is -3.93. The number of fused-ring (bicyclic) bond motifs is 1. The van der Waals surface area contributed by atoms with E-state index in [-0.39, 0.29) is 17.7 Å². The first-order valence-corrected chi connectivity index (χ1v) is 11.4. The number of hydrogen-bond acceptors (Lipinski definition) is 6. The van der Waals surface area contributed by atoms with Crippen LogP contribution in [0.15, 0.2) is 78.0 Å². The lowest BCUT2D eigenvalue weighted by Crippen LogP contribution is -2.26. The highest BCUT2D eigenvalue weighted by Crippen LogP contribution is 2.45. The standard InChI is InChI=1S/C28H28N2O4/c1-32-20-11-8-17(9-12-20)19-14-23-27(24(31)15-19)28(30-22-7-5-4-6-21(22)29-23)18-10-13-25(33-2)26(16-18)34-3/h4-13,16,19,28-30H,14-15H2,1-3H3/t19-,28+/m1/s1. The predicted octanol–water partition coefficient (Wildman–Crippen LogP) is 5.69. The Bertz CT molecular complexity index is 1250. The molecule has 6 nitrogen and oxygen atoms in total. The summed E-state index contributed by atoms with van der Waals surface area (Å²) in [5, 5.41) is 7.19. The summed E-state index contributed by atoms with van der Waals surface area (Å²) in [7, 11) is 4.89. The molecule has 6 heteroatoms. The molecule has 34 heavy (non-hydrogen) atoms. The molecule has 0 aromatic heterocycles. The molecule has 3 aromatic carbocycles. The highest BCUT2D eigenvalue weighted by molar-refractivity contribution is 6.01. The second-order valence-corrected chi connectivity index (χ2v) is 8.56. The van der Waals surface area contributed by atoms with Gasteiger partial charge < -0.3 is 24.8 Å². The Balaban J connectivity index is 1.58. The van der Waals surface area contributed by atoms with Crippen LogP contribution in [0, 0.1) is 0 Å². The summed E-state index contributed by atoms with van der Waals surface area (Å²) >= 11 is 0. The Morgan fingerprint density at radius 1 is 0.765 bits per heavy atom. The van der Waals surface area contributed by atoms with Gasteiger partial charge in [0.2, 0.25) is 0 Å². The molecular weight excluding hydrogens is 428 g/mol. The average molecular weight is 457 g/mol. The molecule has 1 aliphatic heterocycles. The van der Waals surface area contributed by atoms with Crippen molar-refractivity contribution < 1.29 is 19.0 Å². The summed E-state index contributed by atoms with van der Waals surface area (Å²) in [5.41, 5.74) is 5.71. The lowest BCUT2D eigenvalue weighted by Gasteiger charge is -2.30. The second-order valence-electron chi connectivity index (χ2n) is 8.56. The molecule has 0 unspecified atom stereocenters. The van der Waals surface area contributed by atoms with Gasteiger partial charge in [-0.05, 0) is 59.9 Å². The molecule has 0 radical (unpaired) electrons. The molecule has 2 N–H and O–H groups in total. The van der Waals surface area contributed by atoms with Crippen LogP contribution in [0.1, 0.15) is 35.9 Å². The van der Waals surface area contributed by atoms with E-state index in [4.69, 9.17) is 14.2 Å². The topological polar surface area (TPSA) is 68.8 Å². The van der Waals surface area contributed by atoms with Gasteiger partial charge in [-0.1, -0.05) is 30.3 Å². The van der Waals surface area contributed by atoms with E-state index < -0.39 is 0 Å². The van der Waals surface area contributed by atoms with Gasteiger partial charge in [0, 0.05) is 17.7 Å². The summed E-state index contributed by atoms with van der Waals surface area (Å²) in [5.74, 6) is 2.33. The maximum Gasteiger partial charge on any atom is 0.163 e. The average Bonchev–Trinajstić information content (AvgIpc) is 3.05. The minimum absolute atomic E-state index is 0.0981. The van der Waals surface area contributed by atoms with Gasteiger partial charge in [0.1, 0.15) is 5.75 Å². The Kier molecular flexibility index (Phi) is 5.88. The van der Waals surface area contributed by atoms with Gasteiger partial charge in [-0.3, -0.25) is 4.79 Å². The van der Waals surface area contributed by atoms with E-state index in [2.05, 4.69) is 22.8 Å². The summed E-state index contributed by atoms with van der Waals surface area (Å²) < 4.78 is 16.3. The van der Waals surface area contributed by atoms with Gasteiger partial charge in [0.05, 0.1) is 38.7 Å². The third-order valence-electron chi connectivity index (χ3n) is 6.64. The number of ketones is 1. The van der Waals surface area contributed by atoms with Crippen LogP contribution in [0.3, 0.4) is 0 Å². The first-order valence-electron chi connectivity index (χ1n) is 11.4. The minimum atomic E-state index is -0.310. The lowest BCUT2D eigenvalue weighted by molar-refractivity contribution is -0.116. The molecule has 0 saturated heterocycles. The van der Waals surface area contributed by atoms with Crippen molar-refractivity contribution in [1.29, 1.82) is 0 Å². The Labute approximate surface area is 199 Å². The molecule has 0 amide bonds. The fourth-order valence-corrected chi connectivity index (χ4v) is 4.89. The molecule has 0 spiro atoms. The number of hydrogen-bond donors (Lipinski definition) is 2. The predicted molar refractivity (Wildman–Crippen MR) is 133 cm³/mol. The summed E-state index contributed by atoms with van der Waals surface area (Å²) in [4.78, 5) is 13.7. The van der Waals surface area contributed by atoms with Crippen LogP contribution in [-0.4, -0.2) is 27.1 Å². The fourth-order valence-electron chi connectivity index (χ4n) is 4.89. The highest BCUT2D eigenvalue weighted by atomic mass is 16.5. The van der Waals surface area contributed by atoms with Crippen molar-refractivity contribution in [2.45, 2.75) is 24.8 Å². The zero-order valence-corrected chi connectivity index (χ0v) is 19.6. The molecule has 3 aromatic rings. The molecule has 2 aliphatic rings. The van der Waals surface area contributed by atoms with Crippen molar-refractivity contribution in [2.24, 2.45) is 0 Å². The van der Waals surface area contributed by atoms with Gasteiger partial charge in [0.15, 0.2) is 17.3 Å². The highest BCUT2D eigenvalue weighted by Gasteiger charge is 2.36. The Morgan fingerprint density at radius 3 is 2.18 bits per heavy atom. The lowest BCUT2D eigenvalue weighted by atomic mass is 9.78. The van der Waals surface area contributed by atoms with E-state index in [0.29, 0.717) is 17.9 Å². The number of Topliss-reactive ketones (excluding diaryl/α,β-unsaturated/α-hetero) is 1. The van der Waals surface area contributed by atoms with Crippen LogP contribution in [0.25, 0.3) is 0 Å². The van der Waals surface area contributed by atoms with Gasteiger partial charge in [-0.2, -0.15) is 0 Å². The van der Waals surface area contributed by atoms with Crippen LogP contribution in [0.4, 0.5) is 11.4 Å². The SMILES string of the molecule is COc1ccc([C@H]2CC(=O)C3=C(C2)Nc2ccccc2N[C@H]3c2ccc(OC)c(OC)c2)cc1. The van der Waals surface area contributed by atoms with Crippen molar-refractivity contribution in [3.05, 3.63) is 89.1 Å². The quantitative estimate of drug-likeness (QED) is 0.514. The fraction of sp³-hybridized carbons (Fsp3) is 0.250. The summed E-state index contributed by atoms with van der Waals surface area (Å²) in [6, 6.07) is 21.6. The van der Waals surface area contributed by atoms with Crippen molar-refractivity contribution >= 4 is 17.2 Å². The molecule has 1 heterocycles. The van der Waals surface area contributed by atoms with Crippen molar-refractivity contribution in [3.63, 3.8) is 0 Å². The van der Waals surface area contributed by atoms with Gasteiger partial charge in [-0.15, -0.1) is 0 Å². The normalized spacial score (nSPS) is 19.2. The number of rotatable bonds is 5. The van der Waals surface area contributed by atoms with Gasteiger partial charge in [0.25, 0.3) is 0 Å². The molecule has 0 fully saturated rings. The maximum absolute atomic E-state index is 13.7. The zero-order valence-electron chi connectivity index (χ0n) is 19.6. The van der Waals surface area contributed by atoms with E-state index in [1.54, 1.807) is 21.3 Å². The van der Waals surface area contributed by atoms with Crippen LogP contribution >= 0.6 is 0 Å². The van der Waals surface area contributed by atoms with E-state index >= 15 is 0 Å². The molecule has 5 rings (SSSR count). The number of allylic oxidation sites excluding steroid dienone is 1. The summed E-state index contributed by atoms with van der Waals surface area (Å²) in [6.07, 6.45) is 1.20. The number of benzene rings is 3. The zero-order chi connectivity index (χ0) is 23.7. The monoisotopic (exact) mass is 456 g/mol. The molecular formula is C28H28N2O4. The molecule has 0 bridgehead atoms. The number of carbonyl (C=O) groups excluding carboxylic acids is 1. The van der Waals surface area contributed by atoms with E-state index in [0.717, 1.165) is 45.9 Å². The van der Waals surface area contributed by atoms with E-state index in [9.17, 15) is 4.79 Å². The van der Waals surface area contributed by atoms with Crippen LogP contribution in [-0.2, 0) is 4.79 Å². The molecule has 0 saturated carbocycles. The van der Waals surface area contributed by atoms with Crippen molar-refractivity contribution in [1.82, 2.24) is 0 Å². The first kappa shape index (κ1) is 21.9. The minimum Gasteiger partial charge on any atom is -0.497 e. The second kappa shape index (κ2) is 9.14. The van der Waals surface area contributed by atoms with Crippen molar-refractivity contribution in [3.8, 4) is 17.2 Å². The number of nitrogens with one attached hydrogen (secondary N) is 2. The third-order valence-corrected chi connectivity index (χ3v) is 6.64. The van der Waals surface area contributed by atoms with E-state index in [1.807, 2.05) is 54.6 Å². The smallest absolute Gasteiger partial charge is 0.163 e. The van der Waals surface area contributed by atoms with E-state index in [1.165, 1.54) is 0 Å². The number of para-hydroxylation sites is 2. The Morgan fingerprint density at radius 2 is 1.47 bits per heavy atom. The molecule has 2 atom stereocenters. The molecule has 1 aliphatic carbocycles. The first-order chi connectivity index (χ1) is 16.6. The maximum atomic E-state index is 13.7. The largest absolute Gasteiger partial charge is 0.497 e. The number of methoxy groups -OCH3 is 3. The van der Waals surface area contributed by atoms with Gasteiger partial charge >= 0.3 is 0 Å². The van der Waals surface area contributed by atoms with Gasteiger partial charge in [-0.25, -0.2) is 0 Å². The number of anilines is 2. The molecule has 174 valence electrons. The van der Waals surface area contributed by atoms with Crippen LogP contribution < -0.4 is 24.8 Å². The summed E-state index contributed by atoms with van der Waals surface area (Å²) in [6.45, 7) is 0. The van der Waals surface area contributed by atoms with Crippen LogP contribution in [0.5, 0.6) is 17.2 Å². The van der Waals surface area contributed by atoms with Crippen molar-refractivity contribution in [2.75, 3.05) is 32.0 Å². The van der Waals surface area contributed by atoms with Crippen LogP contribution in [0.2, 0.25) is 0 Å². The number of ether oxygens (including phenoxy) is 3.